The Hall–Kier alpha value is -1.22. The van der Waals surface area contributed by atoms with Gasteiger partial charge in [0.1, 0.15) is 24.1 Å². The highest BCUT2D eigenvalue weighted by atomic mass is 35.5. The largest absolute Gasteiger partial charge is 0.462 e. The van der Waals surface area contributed by atoms with Crippen LogP contribution >= 0.6 is 42.7 Å². The molecule has 0 radical (unpaired) electrons. The molecule has 0 unspecified atom stereocenters. The third-order valence-corrected chi connectivity index (χ3v) is 8.92. The number of carbonyl (C=O) groups is 2. The molecule has 0 bridgehead atoms. The van der Waals surface area contributed by atoms with Gasteiger partial charge in [0.15, 0.2) is 15.7 Å². The van der Waals surface area contributed by atoms with Gasteiger partial charge in [-0.3, -0.25) is 23.2 Å². The van der Waals surface area contributed by atoms with Crippen LogP contribution in [0.2, 0.25) is 0 Å². The molecule has 0 aromatic carbocycles. The zero-order valence-corrected chi connectivity index (χ0v) is 25.7. The van der Waals surface area contributed by atoms with Gasteiger partial charge in [-0.05, 0) is 26.8 Å². The second kappa shape index (κ2) is 13.6. The number of thioether (sulfide) groups is 1. The molecule has 5 atom stereocenters. The fourth-order valence-electron chi connectivity index (χ4n) is 3.13. The van der Waals surface area contributed by atoms with Crippen molar-refractivity contribution >= 4 is 59.6 Å². The van der Waals surface area contributed by atoms with Gasteiger partial charge in [0, 0.05) is 17.4 Å². The molecule has 0 saturated carbocycles. The van der Waals surface area contributed by atoms with Crippen LogP contribution in [0, 0.1) is 5.41 Å². The number of anilines is 1. The first-order chi connectivity index (χ1) is 17.9. The number of nitrogens with zero attached hydrogens (tertiary/aromatic N) is 2. The number of aromatic nitrogens is 2. The molecule has 2 rings (SSSR count). The van der Waals surface area contributed by atoms with Crippen LogP contribution in [0.5, 0.6) is 0 Å². The first kappa shape index (κ1) is 34.0. The number of aliphatic hydroxyl groups is 1. The van der Waals surface area contributed by atoms with E-state index in [9.17, 15) is 24.1 Å². The lowest BCUT2D eigenvalue weighted by Gasteiger charge is -2.25. The summed E-state index contributed by atoms with van der Waals surface area (Å²) in [5.41, 5.74) is 4.11. The quantitative estimate of drug-likeness (QED) is 0.132. The van der Waals surface area contributed by atoms with Gasteiger partial charge in [-0.25, -0.2) is 14.4 Å². The van der Waals surface area contributed by atoms with Crippen LogP contribution in [0.1, 0.15) is 47.8 Å². The molecule has 17 heteroatoms. The summed E-state index contributed by atoms with van der Waals surface area (Å²) in [6, 6.07) is 0.209. The van der Waals surface area contributed by atoms with Crippen LogP contribution in [-0.2, 0) is 32.7 Å². The van der Waals surface area contributed by atoms with Gasteiger partial charge in [0.2, 0.25) is 0 Å². The molecule has 39 heavy (non-hydrogen) atoms. The number of hydrogen-bond donors (Lipinski definition) is 3. The highest BCUT2D eigenvalue weighted by molar-refractivity contribution is 8.13. The molecule has 0 spiro atoms. The maximum Gasteiger partial charge on any atom is 0.406 e. The Kier molecular flexibility index (Phi) is 11.9. The standard InChI is InChI=1S/C22H35Cl2N4O9PS/c1-12(2)36-17(30)13(3)27-38(33,34-9-10-39-19(31)21(4,5)6)35-11-14-16(29)22(23,24)18(37-14)28-8-7-15(25)26-20(28)32/h7-8,12-14,16,18,29H,9-11H2,1-6H3,(H,27,33)(H2,25,26,32)/t13-,14-,16-,18-,38-/m1/s1. The molecule has 1 aliphatic heterocycles. The minimum atomic E-state index is -4.25. The summed E-state index contributed by atoms with van der Waals surface area (Å²) in [7, 11) is -4.25. The summed E-state index contributed by atoms with van der Waals surface area (Å²) in [6.07, 6.45) is -3.44. The summed E-state index contributed by atoms with van der Waals surface area (Å²) >= 11 is 13.6. The van der Waals surface area contributed by atoms with Gasteiger partial charge in [0.25, 0.3) is 0 Å². The van der Waals surface area contributed by atoms with Gasteiger partial charge in [-0.1, -0.05) is 55.7 Å². The lowest BCUT2D eigenvalue weighted by atomic mass is 10.00. The van der Waals surface area contributed by atoms with Crippen molar-refractivity contribution in [2.75, 3.05) is 24.7 Å². The second-order valence-electron chi connectivity index (χ2n) is 10.0. The van der Waals surface area contributed by atoms with E-state index in [0.29, 0.717) is 0 Å². The number of hydrogen-bond acceptors (Lipinski definition) is 12. The molecule has 222 valence electrons. The Morgan fingerprint density at radius 2 is 1.97 bits per heavy atom. The molecule has 1 aromatic rings. The van der Waals surface area contributed by atoms with Crippen molar-refractivity contribution < 1.29 is 37.8 Å². The lowest BCUT2D eigenvalue weighted by Crippen LogP contribution is -2.40. The number of halogens is 2. The van der Waals surface area contributed by atoms with Crippen LogP contribution in [0.25, 0.3) is 0 Å². The van der Waals surface area contributed by atoms with Crippen molar-refractivity contribution in [2.24, 2.45) is 5.41 Å². The van der Waals surface area contributed by atoms with E-state index in [4.69, 9.17) is 47.5 Å². The molecule has 1 aromatic heterocycles. The van der Waals surface area contributed by atoms with Gasteiger partial charge < -0.3 is 20.3 Å². The van der Waals surface area contributed by atoms with E-state index in [0.717, 1.165) is 16.3 Å². The number of aliphatic hydroxyl groups excluding tert-OH is 1. The molecule has 1 saturated heterocycles. The highest BCUT2D eigenvalue weighted by Crippen LogP contribution is 2.49. The number of esters is 1. The SMILES string of the molecule is CC(C)OC(=O)[C@@H](C)N[P@@](=O)(OCCSC(=O)C(C)(C)C)OC[C@H]1O[C@@H](n2ccc(N)nc2=O)C(Cl)(Cl)[C@@H]1O. The maximum atomic E-state index is 13.6. The topological polar surface area (TPSA) is 181 Å². The van der Waals surface area contributed by atoms with E-state index in [2.05, 4.69) is 10.1 Å². The number of nitrogens with two attached hydrogens (primary N) is 1. The number of ether oxygens (including phenoxy) is 2. The van der Waals surface area contributed by atoms with E-state index in [1.807, 2.05) is 0 Å². The van der Waals surface area contributed by atoms with Crippen LogP contribution in [0.15, 0.2) is 17.1 Å². The Morgan fingerprint density at radius 1 is 1.33 bits per heavy atom. The number of nitrogen functional groups attached to an aromatic ring is 1. The van der Waals surface area contributed by atoms with Crippen molar-refractivity contribution in [3.05, 3.63) is 22.7 Å². The van der Waals surface area contributed by atoms with E-state index in [1.54, 1.807) is 34.6 Å². The zero-order chi connectivity index (χ0) is 29.8. The monoisotopic (exact) mass is 632 g/mol. The first-order valence-electron chi connectivity index (χ1n) is 12.0. The molecule has 2 heterocycles. The average Bonchev–Trinajstić information content (AvgIpc) is 3.03. The molecule has 13 nitrogen and oxygen atoms in total. The van der Waals surface area contributed by atoms with Crippen molar-refractivity contribution in [1.82, 2.24) is 14.6 Å². The summed E-state index contributed by atoms with van der Waals surface area (Å²) in [4.78, 5) is 40.3. The fourth-order valence-corrected chi connectivity index (χ4v) is 6.11. The smallest absolute Gasteiger partial charge is 0.406 e. The van der Waals surface area contributed by atoms with Gasteiger partial charge in [-0.2, -0.15) is 4.98 Å². The number of alkyl halides is 2. The van der Waals surface area contributed by atoms with Gasteiger partial charge in [-0.15, -0.1) is 0 Å². The van der Waals surface area contributed by atoms with Gasteiger partial charge >= 0.3 is 19.4 Å². The fraction of sp³-hybridized carbons (Fsp3) is 0.727. The minimum absolute atomic E-state index is 0.0407. The summed E-state index contributed by atoms with van der Waals surface area (Å²) in [6.45, 7) is 9.27. The number of nitrogens with one attached hydrogen (secondary N) is 1. The summed E-state index contributed by atoms with van der Waals surface area (Å²) in [5, 5.41) is 13.1. The molecular weight excluding hydrogens is 598 g/mol. The van der Waals surface area contributed by atoms with Crippen LogP contribution in [0.4, 0.5) is 5.82 Å². The molecule has 0 amide bonds. The Morgan fingerprint density at radius 3 is 2.54 bits per heavy atom. The van der Waals surface area contributed by atoms with E-state index >= 15 is 0 Å². The van der Waals surface area contributed by atoms with E-state index < -0.39 is 66.3 Å². The summed E-state index contributed by atoms with van der Waals surface area (Å²) < 4.78 is 34.3. The number of carbonyl (C=O) groups excluding carboxylic acids is 2. The van der Waals surface area contributed by atoms with Crippen LogP contribution in [0.3, 0.4) is 0 Å². The van der Waals surface area contributed by atoms with Gasteiger partial charge in [0.05, 0.1) is 19.3 Å². The molecule has 0 aliphatic carbocycles. The predicted molar refractivity (Wildman–Crippen MR) is 148 cm³/mol. The molecule has 4 N–H and O–H groups in total. The van der Waals surface area contributed by atoms with Crippen molar-refractivity contribution in [2.45, 2.75) is 76.5 Å². The van der Waals surface area contributed by atoms with Crippen molar-refractivity contribution in [1.29, 1.82) is 0 Å². The third-order valence-electron chi connectivity index (χ3n) is 5.14. The zero-order valence-electron chi connectivity index (χ0n) is 22.5. The Labute approximate surface area is 241 Å². The number of rotatable bonds is 12. The van der Waals surface area contributed by atoms with Crippen LogP contribution in [-0.4, -0.2) is 73.4 Å². The van der Waals surface area contributed by atoms with Crippen molar-refractivity contribution in [3.8, 4) is 0 Å². The van der Waals surface area contributed by atoms with E-state index in [-0.39, 0.29) is 23.3 Å². The molecular formula is C22H35Cl2N4O9PS. The predicted octanol–water partition coefficient (Wildman–Crippen LogP) is 2.63. The van der Waals surface area contributed by atoms with Crippen LogP contribution < -0.4 is 16.5 Å². The third kappa shape index (κ3) is 9.40. The Balaban J connectivity index is 2.16. The Bertz CT molecular complexity index is 1130. The molecule has 1 fully saturated rings. The maximum absolute atomic E-state index is 13.6. The van der Waals surface area contributed by atoms with Crippen molar-refractivity contribution in [3.63, 3.8) is 0 Å². The first-order valence-corrected chi connectivity index (χ1v) is 15.3. The average molecular weight is 633 g/mol. The summed E-state index contributed by atoms with van der Waals surface area (Å²) in [5.74, 6) is -0.594. The second-order valence-corrected chi connectivity index (χ2v) is 14.3. The highest BCUT2D eigenvalue weighted by Gasteiger charge is 2.56. The molecule has 1 aliphatic rings. The normalized spacial score (nSPS) is 23.4. The lowest BCUT2D eigenvalue weighted by molar-refractivity contribution is -0.149. The van der Waals surface area contributed by atoms with E-state index in [1.165, 1.54) is 19.2 Å². The minimum Gasteiger partial charge on any atom is -0.462 e.